The van der Waals surface area contributed by atoms with Gasteiger partial charge in [0.1, 0.15) is 22.9 Å². The number of nitrogens with one attached hydrogen (secondary N) is 2. The van der Waals surface area contributed by atoms with E-state index in [-0.39, 0.29) is 87.3 Å². The molecular formula is C14H16F3N5Na2O7S4. The maximum atomic E-state index is 12.5. The van der Waals surface area contributed by atoms with E-state index >= 15 is 0 Å². The summed E-state index contributed by atoms with van der Waals surface area (Å²) in [5, 5.41) is 17.3. The fourth-order valence-electron chi connectivity index (χ4n) is 2.88. The van der Waals surface area contributed by atoms with Crippen LogP contribution in [0.25, 0.3) is 0 Å². The number of aromatic amines is 1. The number of H-pyrrole nitrogens is 1. The Hall–Kier alpha value is 0.0400. The van der Waals surface area contributed by atoms with Crippen molar-refractivity contribution < 1.29 is 45.6 Å². The number of hydrogen-bond acceptors (Lipinski definition) is 10. The summed E-state index contributed by atoms with van der Waals surface area (Å²) in [5.74, 6) is -4.87. The first-order valence-corrected chi connectivity index (χ1v) is 13.3. The minimum atomic E-state index is -4.60. The number of nitrogens with zero attached hydrogens (tertiary/aromatic N) is 3. The number of carbonyl (C=O) groups is 3. The number of carbonyl (C=O) groups excluding carboxylic acids is 2. The summed E-state index contributed by atoms with van der Waals surface area (Å²) in [7, 11) is -4.33. The van der Waals surface area contributed by atoms with E-state index in [0.717, 1.165) is 28.4 Å². The molecule has 1 unspecified atom stereocenters. The number of rotatable bonds is 9. The third-order valence-electron chi connectivity index (χ3n) is 4.14. The molecule has 3 heterocycles. The van der Waals surface area contributed by atoms with Crippen molar-refractivity contribution in [2.24, 2.45) is 0 Å². The summed E-state index contributed by atoms with van der Waals surface area (Å²) in [6, 6.07) is -1.14. The number of aliphatic carboxylic acids is 1. The molecule has 0 aromatic carbocycles. The van der Waals surface area contributed by atoms with Crippen LogP contribution in [0.1, 0.15) is 5.82 Å². The van der Waals surface area contributed by atoms with Crippen molar-refractivity contribution >= 4 is 122 Å². The van der Waals surface area contributed by atoms with Gasteiger partial charge >= 0.3 is 70.6 Å². The van der Waals surface area contributed by atoms with Crippen LogP contribution in [-0.4, -0.2) is 149 Å². The number of thioether (sulfide) groups is 3. The van der Waals surface area contributed by atoms with E-state index < -0.39 is 68.1 Å². The molecule has 1 saturated heterocycles. The molecule has 0 spiro atoms. The quantitative estimate of drug-likeness (QED) is 0.118. The van der Waals surface area contributed by atoms with E-state index in [9.17, 15) is 41.1 Å². The van der Waals surface area contributed by atoms with Crippen molar-refractivity contribution in [2.45, 2.75) is 27.8 Å². The topological polar surface area (TPSA) is 183 Å². The molecule has 1 fully saturated rings. The van der Waals surface area contributed by atoms with Gasteiger partial charge in [-0.2, -0.15) is 26.7 Å². The van der Waals surface area contributed by atoms with Crippen molar-refractivity contribution in [3.8, 4) is 0 Å². The molecule has 2 aliphatic rings. The number of halogens is 3. The standard InChI is InChI=1S/C14H14F3N5O7S4.2Na.2H/c15-14(16,17)32-3-7(23)19-8-10(24)22-9(12(25)26)5(1-30-11(8)22)2-31-13-18-6(20-21-13)4-33(27,28)29;;;;/h8,11H,1-4H2,(H,19,23)(H,25,26)(H,18,20,21)(H,27,28,29);;;;/t8?,11-;;;;/m1..../s1. The van der Waals surface area contributed by atoms with Crippen molar-refractivity contribution in [1.82, 2.24) is 25.4 Å². The van der Waals surface area contributed by atoms with Crippen LogP contribution in [0, 0.1) is 0 Å². The number of carboxylic acids is 1. The van der Waals surface area contributed by atoms with Crippen LogP contribution in [0.3, 0.4) is 0 Å². The van der Waals surface area contributed by atoms with E-state index in [2.05, 4.69) is 20.5 Å². The van der Waals surface area contributed by atoms with Gasteiger partial charge < -0.3 is 10.4 Å². The summed E-state index contributed by atoms with van der Waals surface area (Å²) in [4.78, 5) is 40.8. The molecule has 0 saturated carbocycles. The second-order valence-electron chi connectivity index (χ2n) is 6.52. The predicted octanol–water partition coefficient (Wildman–Crippen LogP) is -1.02. The summed E-state index contributed by atoms with van der Waals surface area (Å²) in [5.41, 5.74) is -4.56. The molecule has 21 heteroatoms. The van der Waals surface area contributed by atoms with Crippen LogP contribution in [0.2, 0.25) is 0 Å². The van der Waals surface area contributed by atoms with Gasteiger partial charge in [-0.1, -0.05) is 11.8 Å². The van der Waals surface area contributed by atoms with Crippen LogP contribution in [0.4, 0.5) is 13.2 Å². The Morgan fingerprint density at radius 2 is 1.97 bits per heavy atom. The van der Waals surface area contributed by atoms with Crippen molar-refractivity contribution in [2.75, 3.05) is 17.3 Å². The van der Waals surface area contributed by atoms with Gasteiger partial charge in [0.25, 0.3) is 16.0 Å². The maximum absolute atomic E-state index is 12.5. The molecule has 2 atom stereocenters. The zero-order chi connectivity index (χ0) is 24.6. The first-order valence-electron chi connectivity index (χ1n) is 8.64. The molecular weight excluding hydrogens is 581 g/mol. The summed E-state index contributed by atoms with van der Waals surface area (Å²) in [6.07, 6.45) is 0. The first-order chi connectivity index (χ1) is 15.2. The van der Waals surface area contributed by atoms with E-state index in [1.807, 2.05) is 0 Å². The second kappa shape index (κ2) is 13.2. The van der Waals surface area contributed by atoms with Crippen molar-refractivity contribution in [1.29, 1.82) is 0 Å². The number of hydrogen-bond donors (Lipinski definition) is 4. The Morgan fingerprint density at radius 1 is 1.31 bits per heavy atom. The van der Waals surface area contributed by atoms with Gasteiger partial charge in [-0.25, -0.2) is 9.78 Å². The molecule has 35 heavy (non-hydrogen) atoms. The Bertz CT molecular complexity index is 1120. The summed E-state index contributed by atoms with van der Waals surface area (Å²) >= 11 is 1.58. The van der Waals surface area contributed by atoms with Crippen LogP contribution in [0.5, 0.6) is 0 Å². The van der Waals surface area contributed by atoms with E-state index in [0.29, 0.717) is 5.57 Å². The molecule has 0 aliphatic carbocycles. The van der Waals surface area contributed by atoms with E-state index in [1.54, 1.807) is 0 Å². The first kappa shape index (κ1) is 33.1. The third-order valence-corrected chi connectivity index (χ3v) is 7.78. The van der Waals surface area contributed by atoms with Crippen molar-refractivity contribution in [3.63, 3.8) is 0 Å². The fourth-order valence-corrected chi connectivity index (χ4v) is 6.02. The van der Waals surface area contributed by atoms with E-state index in [1.165, 1.54) is 0 Å². The Labute approximate surface area is 253 Å². The SMILES string of the molecule is O=C(CSC(F)(F)F)NC1C(=O)N2C(C(=O)O)=C(CSc3nc(CS(=O)(=O)O)n[nH]3)CS[C@H]12.[NaH].[NaH]. The minimum absolute atomic E-state index is 0. The molecule has 0 bridgehead atoms. The second-order valence-corrected chi connectivity index (χ2v) is 11.1. The Morgan fingerprint density at radius 3 is 2.54 bits per heavy atom. The number of carboxylic acid groups (broad SMARTS) is 1. The molecule has 2 amide bonds. The molecule has 1 aromatic rings. The number of β-lactam (4-membered cyclic amide) rings is 1. The number of alkyl halides is 3. The number of aromatic nitrogens is 3. The summed E-state index contributed by atoms with van der Waals surface area (Å²) < 4.78 is 67.3. The monoisotopic (exact) mass is 597 g/mol. The van der Waals surface area contributed by atoms with E-state index in [4.69, 9.17) is 4.55 Å². The fraction of sp³-hybridized carbons (Fsp3) is 0.500. The molecule has 3 rings (SSSR count). The normalized spacial score (nSPS) is 19.8. The molecule has 186 valence electrons. The van der Waals surface area contributed by atoms with Crippen molar-refractivity contribution in [3.05, 3.63) is 17.1 Å². The molecule has 12 nitrogen and oxygen atoms in total. The summed E-state index contributed by atoms with van der Waals surface area (Å²) in [6.45, 7) is 0. The number of amides is 2. The van der Waals surface area contributed by atoms with Gasteiger partial charge in [0.05, 0.1) is 5.75 Å². The molecule has 0 radical (unpaired) electrons. The Balaban J connectivity index is 0.00000306. The molecule has 4 N–H and O–H groups in total. The zero-order valence-corrected chi connectivity index (χ0v) is 19.3. The average Bonchev–Trinajstić information content (AvgIpc) is 3.12. The van der Waals surface area contributed by atoms with Crippen LogP contribution < -0.4 is 5.32 Å². The van der Waals surface area contributed by atoms with Gasteiger partial charge in [0.15, 0.2) is 11.0 Å². The van der Waals surface area contributed by atoms with Crippen LogP contribution >= 0.6 is 35.3 Å². The average molecular weight is 598 g/mol. The number of fused-ring (bicyclic) bond motifs is 1. The molecule has 1 aromatic heterocycles. The third kappa shape index (κ3) is 9.08. The van der Waals surface area contributed by atoms with Gasteiger partial charge in [-0.05, 0) is 17.3 Å². The predicted molar refractivity (Wildman–Crippen MR) is 125 cm³/mol. The van der Waals surface area contributed by atoms with Crippen LogP contribution in [0.15, 0.2) is 16.4 Å². The van der Waals surface area contributed by atoms with Gasteiger partial charge in [0, 0.05) is 11.5 Å². The zero-order valence-electron chi connectivity index (χ0n) is 16.0. The van der Waals surface area contributed by atoms with Gasteiger partial charge in [-0.3, -0.25) is 24.1 Å². The molecule has 2 aliphatic heterocycles. The van der Waals surface area contributed by atoms with Crippen LogP contribution in [-0.2, 0) is 30.3 Å². The van der Waals surface area contributed by atoms with Gasteiger partial charge in [-0.15, -0.1) is 11.8 Å². The van der Waals surface area contributed by atoms with Gasteiger partial charge in [0.2, 0.25) is 5.91 Å². The Kier molecular flexibility index (Phi) is 12.5.